The fourth-order valence-corrected chi connectivity index (χ4v) is 3.50. The Labute approximate surface area is 152 Å². The molecule has 0 saturated carbocycles. The molecule has 0 aliphatic heterocycles. The molecule has 0 heterocycles. The summed E-state index contributed by atoms with van der Waals surface area (Å²) in [6.45, 7) is 1.73. The maximum absolute atomic E-state index is 13.7. The molecule has 0 spiro atoms. The Morgan fingerprint density at radius 3 is 2.38 bits per heavy atom. The van der Waals surface area contributed by atoms with Gasteiger partial charge < -0.3 is 4.74 Å². The zero-order chi connectivity index (χ0) is 19.0. The predicted molar refractivity (Wildman–Crippen MR) is 94.5 cm³/mol. The highest BCUT2D eigenvalue weighted by molar-refractivity contribution is 7.86. The van der Waals surface area contributed by atoms with Gasteiger partial charge in [0, 0.05) is 0 Å². The highest BCUT2D eigenvalue weighted by atomic mass is 32.2. The van der Waals surface area contributed by atoms with E-state index in [0.29, 0.717) is 18.4 Å². The van der Waals surface area contributed by atoms with E-state index in [4.69, 9.17) is 8.92 Å². The van der Waals surface area contributed by atoms with Crippen LogP contribution < -0.4 is 0 Å². The van der Waals surface area contributed by atoms with Crippen molar-refractivity contribution in [1.82, 2.24) is 0 Å². The van der Waals surface area contributed by atoms with Crippen molar-refractivity contribution in [2.45, 2.75) is 37.2 Å². The van der Waals surface area contributed by atoms with Crippen LogP contribution in [-0.2, 0) is 30.3 Å². The van der Waals surface area contributed by atoms with Crippen LogP contribution in [0, 0.1) is 5.82 Å². The number of aryl methyl sites for hydroxylation is 1. The van der Waals surface area contributed by atoms with Crippen LogP contribution in [0.4, 0.5) is 4.39 Å². The molecule has 0 amide bonds. The smallest absolute Gasteiger partial charge is 0.336 e. The number of esters is 1. The molecular weight excluding hydrogens is 359 g/mol. The van der Waals surface area contributed by atoms with Gasteiger partial charge in [-0.2, -0.15) is 8.42 Å². The average molecular weight is 380 g/mol. The molecule has 0 unspecified atom stereocenters. The van der Waals surface area contributed by atoms with Crippen LogP contribution in [0.25, 0.3) is 0 Å². The largest absolute Gasteiger partial charge is 0.464 e. The Bertz CT molecular complexity index is 821. The van der Waals surface area contributed by atoms with Crippen molar-refractivity contribution in [1.29, 1.82) is 0 Å². The second kappa shape index (κ2) is 9.45. The van der Waals surface area contributed by atoms with E-state index >= 15 is 0 Å². The molecule has 0 saturated heterocycles. The first-order valence-electron chi connectivity index (χ1n) is 8.32. The van der Waals surface area contributed by atoms with E-state index in [9.17, 15) is 17.6 Å². The molecule has 0 fully saturated rings. The van der Waals surface area contributed by atoms with Crippen LogP contribution in [0.2, 0.25) is 0 Å². The molecule has 7 heteroatoms. The monoisotopic (exact) mass is 380 g/mol. The van der Waals surface area contributed by atoms with E-state index in [1.165, 1.54) is 18.2 Å². The van der Waals surface area contributed by atoms with Crippen molar-refractivity contribution in [2.24, 2.45) is 0 Å². The predicted octanol–water partition coefficient (Wildman–Crippen LogP) is 3.49. The summed E-state index contributed by atoms with van der Waals surface area (Å²) in [6, 6.07) is 13.9. The number of hydrogen-bond donors (Lipinski definition) is 0. The third-order valence-electron chi connectivity index (χ3n) is 3.69. The summed E-state index contributed by atoms with van der Waals surface area (Å²) in [4.78, 5) is 12.0. The molecule has 26 heavy (non-hydrogen) atoms. The zero-order valence-electron chi connectivity index (χ0n) is 14.4. The summed E-state index contributed by atoms with van der Waals surface area (Å²) < 4.78 is 48.4. The van der Waals surface area contributed by atoms with Crippen LogP contribution in [-0.4, -0.2) is 27.1 Å². The number of hydrogen-bond acceptors (Lipinski definition) is 5. The zero-order valence-corrected chi connectivity index (χ0v) is 15.2. The van der Waals surface area contributed by atoms with E-state index in [2.05, 4.69) is 0 Å². The van der Waals surface area contributed by atoms with Crippen molar-refractivity contribution in [3.05, 3.63) is 66.0 Å². The molecule has 2 rings (SSSR count). The fourth-order valence-electron chi connectivity index (χ4n) is 2.42. The van der Waals surface area contributed by atoms with Gasteiger partial charge in [-0.25, -0.2) is 9.18 Å². The summed E-state index contributed by atoms with van der Waals surface area (Å²) in [6.07, 6.45) is -0.447. The van der Waals surface area contributed by atoms with Crippen LogP contribution in [0.5, 0.6) is 0 Å². The highest BCUT2D eigenvalue weighted by Gasteiger charge is 2.28. The number of carbonyl (C=O) groups is 1. The molecule has 2 aromatic rings. The summed E-state index contributed by atoms with van der Waals surface area (Å²) in [5.74, 6) is -1.08. The van der Waals surface area contributed by atoms with E-state index in [1.54, 1.807) is 43.3 Å². The molecule has 0 aliphatic carbocycles. The minimum absolute atomic E-state index is 0.0385. The standard InChI is InChI=1S/C19H21FO5S/c1-2-24-19(21)18(14-8-10-15-9-6-7-13-17(15)20)25-26(22,23)16-11-4-3-5-12-16/h3-7,9,11-13,18H,2,8,10,14H2,1H3/t18-/m1/s1. The van der Waals surface area contributed by atoms with Gasteiger partial charge in [-0.3, -0.25) is 4.18 Å². The molecule has 0 N–H and O–H groups in total. The molecule has 2 aromatic carbocycles. The van der Waals surface area contributed by atoms with Crippen molar-refractivity contribution in [3.8, 4) is 0 Å². The molecule has 5 nitrogen and oxygen atoms in total. The van der Waals surface area contributed by atoms with Crippen LogP contribution in [0.1, 0.15) is 25.3 Å². The molecule has 1 atom stereocenters. The van der Waals surface area contributed by atoms with Crippen LogP contribution in [0.15, 0.2) is 59.5 Å². The van der Waals surface area contributed by atoms with Gasteiger partial charge in [0.05, 0.1) is 11.5 Å². The Morgan fingerprint density at radius 2 is 1.73 bits per heavy atom. The second-order valence-corrected chi connectivity index (χ2v) is 7.16. The Kier molecular flexibility index (Phi) is 7.29. The van der Waals surface area contributed by atoms with Crippen molar-refractivity contribution >= 4 is 16.1 Å². The maximum Gasteiger partial charge on any atom is 0.336 e. The number of rotatable bonds is 9. The van der Waals surface area contributed by atoms with E-state index in [1.807, 2.05) is 0 Å². The Balaban J connectivity index is 2.06. The van der Waals surface area contributed by atoms with Gasteiger partial charge in [-0.05, 0) is 49.9 Å². The topological polar surface area (TPSA) is 69.7 Å². The van der Waals surface area contributed by atoms with Crippen LogP contribution >= 0.6 is 0 Å². The molecular formula is C19H21FO5S. The SMILES string of the molecule is CCOC(=O)[C@@H](CCCc1ccccc1F)OS(=O)(=O)c1ccccc1. The van der Waals surface area contributed by atoms with E-state index in [0.717, 1.165) is 0 Å². The molecule has 0 bridgehead atoms. The van der Waals surface area contributed by atoms with Gasteiger partial charge in [0.1, 0.15) is 5.82 Å². The van der Waals surface area contributed by atoms with Gasteiger partial charge in [-0.1, -0.05) is 36.4 Å². The van der Waals surface area contributed by atoms with Crippen molar-refractivity contribution in [3.63, 3.8) is 0 Å². The van der Waals surface area contributed by atoms with Crippen LogP contribution in [0.3, 0.4) is 0 Å². The first-order chi connectivity index (χ1) is 12.4. The first-order valence-corrected chi connectivity index (χ1v) is 9.73. The summed E-state index contributed by atoms with van der Waals surface area (Å²) in [7, 11) is -4.10. The lowest BCUT2D eigenvalue weighted by atomic mass is 10.1. The molecule has 0 aromatic heterocycles. The van der Waals surface area contributed by atoms with E-state index < -0.39 is 22.2 Å². The van der Waals surface area contributed by atoms with E-state index in [-0.39, 0.29) is 23.7 Å². The van der Waals surface area contributed by atoms with Gasteiger partial charge in [-0.15, -0.1) is 0 Å². The van der Waals surface area contributed by atoms with Gasteiger partial charge >= 0.3 is 5.97 Å². The summed E-state index contributed by atoms with van der Waals surface area (Å²) in [5.41, 5.74) is 0.501. The maximum atomic E-state index is 13.7. The molecule has 140 valence electrons. The normalized spacial score (nSPS) is 12.5. The lowest BCUT2D eigenvalue weighted by molar-refractivity contribution is -0.151. The van der Waals surface area contributed by atoms with Gasteiger partial charge in [0.15, 0.2) is 6.10 Å². The number of ether oxygens (including phenoxy) is 1. The first kappa shape index (κ1) is 20.1. The summed E-state index contributed by atoms with van der Waals surface area (Å²) >= 11 is 0. The number of carbonyl (C=O) groups excluding carboxylic acids is 1. The summed E-state index contributed by atoms with van der Waals surface area (Å²) in [5, 5.41) is 0. The van der Waals surface area contributed by atoms with Gasteiger partial charge in [0.25, 0.3) is 10.1 Å². The minimum atomic E-state index is -4.10. The second-order valence-electron chi connectivity index (χ2n) is 5.59. The average Bonchev–Trinajstić information content (AvgIpc) is 2.63. The number of halogens is 1. The highest BCUT2D eigenvalue weighted by Crippen LogP contribution is 2.19. The van der Waals surface area contributed by atoms with Crippen molar-refractivity contribution < 1.29 is 26.5 Å². The third-order valence-corrected chi connectivity index (χ3v) is 5.03. The third kappa shape index (κ3) is 5.64. The quantitative estimate of drug-likeness (QED) is 0.492. The fraction of sp³-hybridized carbons (Fsp3) is 0.316. The Morgan fingerprint density at radius 1 is 1.08 bits per heavy atom. The molecule has 0 aliphatic rings. The minimum Gasteiger partial charge on any atom is -0.464 e. The lowest BCUT2D eigenvalue weighted by Crippen LogP contribution is -2.29. The molecule has 0 radical (unpaired) electrons. The van der Waals surface area contributed by atoms with Crippen molar-refractivity contribution in [2.75, 3.05) is 6.61 Å². The van der Waals surface area contributed by atoms with Gasteiger partial charge in [0.2, 0.25) is 0 Å². The lowest BCUT2D eigenvalue weighted by Gasteiger charge is -2.16. The number of benzene rings is 2. The Hall–Kier alpha value is -2.25.